The summed E-state index contributed by atoms with van der Waals surface area (Å²) in [7, 11) is -3.82. The standard InChI is InChI=1S/C40H38F5N3O3S/c1-51-22-21-46-19-17-32(18-20-46)47(24-27-9-11-28(12-10-27)29-13-15-31(16-14-29)40(43,44)45)37(50)25-48-35-8-3-2-6-33(35)36(49)23-38(48)52-26-30-5-4-7-34(41)39(30)42/h2-16,23,32H,17-22,24-26H2,1H3/i1D3,17D2,18D2,19D2,20D2,21D2,22D2,25D2,32D. The first kappa shape index (κ1) is 20.6. The Morgan fingerprint density at radius 2 is 1.69 bits per heavy atom. The number of carbonyl (C=O) groups is 1. The zero-order chi connectivity index (χ0) is 52.8. The number of para-hydroxylation sites is 1. The van der Waals surface area contributed by atoms with Gasteiger partial charge in [0.15, 0.2) is 17.1 Å². The van der Waals surface area contributed by atoms with Crippen LogP contribution in [0.25, 0.3) is 22.0 Å². The first-order valence-corrected chi connectivity index (χ1v) is 16.1. The SMILES string of the molecule is [2H]C([2H])([2H])OC([2H])([2H])C([2H])([2H])N1C([2H])([2H])C([2H])([2H])C([2H])(N(Cc2ccc(-c3ccc(C(F)(F)F)cc3)cc2)C(=O)C([2H])([2H])n2c(SCc3cccc(F)c3F)cc(=O)c3ccccc32)C([2H])([2H])C1([2H])[2H]. The summed E-state index contributed by atoms with van der Waals surface area (Å²) in [5.74, 6) is -5.28. The van der Waals surface area contributed by atoms with Gasteiger partial charge in [0.2, 0.25) is 5.91 Å². The van der Waals surface area contributed by atoms with Gasteiger partial charge >= 0.3 is 6.18 Å². The third-order valence-corrected chi connectivity index (χ3v) is 8.69. The molecule has 2 heterocycles. The van der Waals surface area contributed by atoms with E-state index in [1.165, 1.54) is 30.3 Å². The average molecular weight is 754 g/mol. The molecule has 0 saturated carbocycles. The maximum atomic E-state index is 15.4. The number of carbonyl (C=O) groups excluding carboxylic acids is 1. The van der Waals surface area contributed by atoms with E-state index in [1.807, 2.05) is 0 Å². The Morgan fingerprint density at radius 1 is 1.00 bits per heavy atom. The zero-order valence-corrected chi connectivity index (χ0v) is 27.3. The van der Waals surface area contributed by atoms with Gasteiger partial charge in [0.05, 0.1) is 33.6 Å². The topological polar surface area (TPSA) is 54.8 Å². The van der Waals surface area contributed by atoms with Gasteiger partial charge in [-0.15, -0.1) is 11.8 Å². The van der Waals surface area contributed by atoms with E-state index in [4.69, 9.17) is 15.1 Å². The van der Waals surface area contributed by atoms with Gasteiger partial charge in [-0.2, -0.15) is 13.2 Å². The Bertz CT molecular complexity index is 2840. The molecule has 0 radical (unpaired) electrons. The minimum atomic E-state index is -4.69. The molecule has 5 aromatic rings. The molecule has 1 fully saturated rings. The molecule has 272 valence electrons. The number of piperidine rings is 1. The Labute approximate surface area is 328 Å². The van der Waals surface area contributed by atoms with Crippen LogP contribution in [-0.4, -0.2) is 59.4 Å². The summed E-state index contributed by atoms with van der Waals surface area (Å²) >= 11 is 0.489. The highest BCUT2D eigenvalue weighted by atomic mass is 32.2. The van der Waals surface area contributed by atoms with Crippen molar-refractivity contribution < 1.29 is 56.2 Å². The molecule has 1 aliphatic heterocycles. The second-order valence-electron chi connectivity index (χ2n) is 10.9. The third kappa shape index (κ3) is 8.74. The highest BCUT2D eigenvalue weighted by Gasteiger charge is 2.31. The molecule has 0 aliphatic carbocycles. The van der Waals surface area contributed by atoms with Crippen LogP contribution in [0.3, 0.4) is 0 Å². The fourth-order valence-electron chi connectivity index (χ4n) is 5.06. The molecule has 1 aliphatic rings. The Hall–Kier alpha value is -4.52. The van der Waals surface area contributed by atoms with Crippen molar-refractivity contribution in [3.63, 3.8) is 0 Å². The number of pyridine rings is 1. The molecule has 52 heavy (non-hydrogen) atoms. The molecule has 1 saturated heterocycles. The predicted octanol–water partition coefficient (Wildman–Crippen LogP) is 8.40. The zero-order valence-electron chi connectivity index (χ0n) is 44.5. The summed E-state index contributed by atoms with van der Waals surface area (Å²) < 4.78 is 231. The Morgan fingerprint density at radius 3 is 2.38 bits per heavy atom. The van der Waals surface area contributed by atoms with Crippen molar-refractivity contribution in [2.45, 2.75) is 48.8 Å². The smallest absolute Gasteiger partial charge is 0.383 e. The monoisotopic (exact) mass is 753 g/mol. The number of fused-ring (bicyclic) bond motifs is 1. The van der Waals surface area contributed by atoms with Crippen molar-refractivity contribution in [2.75, 3.05) is 33.1 Å². The normalized spacial score (nSPS) is 24.9. The maximum absolute atomic E-state index is 15.4. The number of likely N-dealkylation sites (tertiary alicyclic amines) is 1. The van der Waals surface area contributed by atoms with Crippen LogP contribution in [0.5, 0.6) is 0 Å². The maximum Gasteiger partial charge on any atom is 0.416 e. The average Bonchev–Trinajstić information content (AvgIpc) is 3.23. The number of nitrogens with zero attached hydrogens (tertiary/aromatic N) is 3. The largest absolute Gasteiger partial charge is 0.416 e. The molecule has 0 atom stereocenters. The summed E-state index contributed by atoms with van der Waals surface area (Å²) in [6.07, 6.45) is -13.8. The van der Waals surface area contributed by atoms with Crippen LogP contribution < -0.4 is 5.43 Å². The van der Waals surface area contributed by atoms with Gasteiger partial charge in [0.25, 0.3) is 0 Å². The lowest BCUT2D eigenvalue weighted by Crippen LogP contribution is -2.48. The van der Waals surface area contributed by atoms with Crippen LogP contribution in [0.4, 0.5) is 22.0 Å². The van der Waals surface area contributed by atoms with Gasteiger partial charge in [0, 0.05) is 75.6 Å². The molecule has 0 spiro atoms. The number of aromatic nitrogens is 1. The molecule has 4 aromatic carbocycles. The van der Waals surface area contributed by atoms with Gasteiger partial charge in [-0.05, 0) is 59.8 Å². The summed E-state index contributed by atoms with van der Waals surface area (Å²) in [5, 5.41) is -0.768. The predicted molar refractivity (Wildman–Crippen MR) is 193 cm³/mol. The number of halogens is 5. The lowest BCUT2D eigenvalue weighted by Gasteiger charge is -2.39. The van der Waals surface area contributed by atoms with Crippen molar-refractivity contribution in [3.8, 4) is 11.1 Å². The van der Waals surface area contributed by atoms with Crippen LogP contribution in [0, 0.1) is 11.6 Å². The lowest BCUT2D eigenvalue weighted by molar-refractivity contribution is -0.137. The molecule has 0 bridgehead atoms. The van der Waals surface area contributed by atoms with E-state index in [-0.39, 0.29) is 32.5 Å². The van der Waals surface area contributed by atoms with E-state index in [9.17, 15) is 36.3 Å². The first-order chi connectivity index (χ1) is 31.8. The number of hydrogen-bond acceptors (Lipinski definition) is 5. The van der Waals surface area contributed by atoms with Crippen LogP contribution in [-0.2, 0) is 34.5 Å². The second kappa shape index (κ2) is 16.4. The summed E-state index contributed by atoms with van der Waals surface area (Å²) in [6.45, 7) is -23.1. The highest BCUT2D eigenvalue weighted by Crippen LogP contribution is 2.32. The number of rotatable bonds is 12. The number of thioether (sulfide) groups is 1. The van der Waals surface area contributed by atoms with E-state index in [1.54, 1.807) is 0 Å². The Kier molecular flexibility index (Phi) is 6.53. The molecule has 1 aromatic heterocycles. The highest BCUT2D eigenvalue weighted by molar-refractivity contribution is 7.98. The minimum absolute atomic E-state index is 0.201. The number of hydrogen-bond donors (Lipinski definition) is 0. The molecular formula is C40H38F5N3O3S. The van der Waals surface area contributed by atoms with Gasteiger partial charge in [-0.25, -0.2) is 8.78 Å². The number of benzene rings is 4. The van der Waals surface area contributed by atoms with E-state index >= 15 is 4.79 Å². The van der Waals surface area contributed by atoms with Crippen molar-refractivity contribution in [1.29, 1.82) is 0 Å². The lowest BCUT2D eigenvalue weighted by atomic mass is 10.00. The van der Waals surface area contributed by atoms with Gasteiger partial charge in [0.1, 0.15) is 6.50 Å². The second-order valence-corrected chi connectivity index (χ2v) is 11.9. The van der Waals surface area contributed by atoms with E-state index in [2.05, 4.69) is 4.74 Å². The number of alkyl halides is 3. The Balaban J connectivity index is 1.59. The van der Waals surface area contributed by atoms with E-state index in [0.29, 0.717) is 16.3 Å². The molecule has 12 heteroatoms. The molecule has 6 rings (SSSR count). The fraction of sp³-hybridized carbons (Fsp3) is 0.300. The van der Waals surface area contributed by atoms with Gasteiger partial charge in [-0.3, -0.25) is 9.59 Å². The van der Waals surface area contributed by atoms with Crippen LogP contribution in [0.15, 0.2) is 107 Å². The summed E-state index contributed by atoms with van der Waals surface area (Å²) in [6, 6.07) is 13.0. The number of methoxy groups -OCH3 is 1. The van der Waals surface area contributed by atoms with Crippen LogP contribution in [0.1, 0.15) is 54.1 Å². The number of ether oxygens (including phenoxy) is 1. The van der Waals surface area contributed by atoms with E-state index in [0.717, 1.165) is 66.7 Å². The van der Waals surface area contributed by atoms with Crippen molar-refractivity contribution in [3.05, 3.63) is 136 Å². The minimum Gasteiger partial charge on any atom is -0.383 e. The molecule has 0 N–H and O–H groups in total. The summed E-state index contributed by atoms with van der Waals surface area (Å²) in [5.41, 5.74) is -2.33. The van der Waals surface area contributed by atoms with Gasteiger partial charge < -0.3 is 19.1 Å². The number of amides is 1. The van der Waals surface area contributed by atoms with Crippen molar-refractivity contribution >= 4 is 28.6 Å². The van der Waals surface area contributed by atoms with Crippen LogP contribution >= 0.6 is 11.8 Å². The molecule has 6 nitrogen and oxygen atoms in total. The van der Waals surface area contributed by atoms with Crippen molar-refractivity contribution in [2.24, 2.45) is 0 Å². The van der Waals surface area contributed by atoms with Crippen molar-refractivity contribution in [1.82, 2.24) is 14.4 Å². The van der Waals surface area contributed by atoms with Gasteiger partial charge in [-0.1, -0.05) is 60.7 Å². The molecule has 0 unspecified atom stereocenters. The van der Waals surface area contributed by atoms with E-state index < -0.39 is 121 Å². The molecular weight excluding hydrogens is 698 g/mol. The van der Waals surface area contributed by atoms with Crippen LogP contribution in [0.2, 0.25) is 0 Å². The third-order valence-electron chi connectivity index (χ3n) is 7.64. The summed E-state index contributed by atoms with van der Waals surface area (Å²) in [4.78, 5) is 27.7. The first-order valence-electron chi connectivity index (χ1n) is 24.1. The quantitative estimate of drug-likeness (QED) is 0.0947. The molecule has 1 amide bonds. The fourth-order valence-corrected chi connectivity index (χ4v) is 6.05.